The third kappa shape index (κ3) is 4.50. The zero-order chi connectivity index (χ0) is 19.2. The Morgan fingerprint density at radius 1 is 0.778 bits per heavy atom. The van der Waals surface area contributed by atoms with Crippen LogP contribution in [0.5, 0.6) is 5.75 Å². The molecule has 0 unspecified atom stereocenters. The summed E-state index contributed by atoms with van der Waals surface area (Å²) in [6, 6.07) is 23.1. The maximum absolute atomic E-state index is 9.16. The number of aliphatic hydroxyl groups is 1. The minimum Gasteiger partial charge on any atom is -0.494 e. The Balaban J connectivity index is 2.03. The van der Waals surface area contributed by atoms with Crippen molar-refractivity contribution < 1.29 is 9.84 Å². The molecule has 0 atom stereocenters. The molecule has 0 saturated carbocycles. The van der Waals surface area contributed by atoms with Gasteiger partial charge >= 0.3 is 0 Å². The highest BCUT2D eigenvalue weighted by atomic mass is 16.5. The van der Waals surface area contributed by atoms with Crippen molar-refractivity contribution in [2.75, 3.05) is 18.1 Å². The lowest BCUT2D eigenvalue weighted by Crippen LogP contribution is -2.10. The molecular weight excluding hydrogens is 334 g/mol. The lowest BCUT2D eigenvalue weighted by molar-refractivity contribution is 0.299. The van der Waals surface area contributed by atoms with E-state index in [-0.39, 0.29) is 6.61 Å². The van der Waals surface area contributed by atoms with E-state index in [4.69, 9.17) is 9.84 Å². The van der Waals surface area contributed by atoms with Gasteiger partial charge in [-0.25, -0.2) is 0 Å². The molecule has 0 aliphatic rings. The van der Waals surface area contributed by atoms with Crippen LogP contribution in [0.25, 0.3) is 0 Å². The summed E-state index contributed by atoms with van der Waals surface area (Å²) in [7, 11) is 0. The lowest BCUT2D eigenvalue weighted by atomic mass is 10.1. The van der Waals surface area contributed by atoms with Crippen molar-refractivity contribution >= 4 is 17.1 Å². The first-order valence-electron chi connectivity index (χ1n) is 9.42. The number of rotatable bonds is 7. The highest BCUT2D eigenvalue weighted by Crippen LogP contribution is 2.36. The summed E-state index contributed by atoms with van der Waals surface area (Å²) in [5.41, 5.74) is 6.97. The molecular formula is C24H27NO2. The van der Waals surface area contributed by atoms with Crippen molar-refractivity contribution in [1.82, 2.24) is 0 Å². The Morgan fingerprint density at radius 2 is 1.37 bits per heavy atom. The van der Waals surface area contributed by atoms with E-state index in [1.54, 1.807) is 0 Å². The van der Waals surface area contributed by atoms with E-state index >= 15 is 0 Å². The molecule has 0 saturated heterocycles. The number of aryl methyl sites for hydroxylation is 2. The van der Waals surface area contributed by atoms with Gasteiger partial charge in [0.15, 0.2) is 0 Å². The fourth-order valence-corrected chi connectivity index (χ4v) is 3.11. The lowest BCUT2D eigenvalue weighted by Gasteiger charge is -2.26. The Hall–Kier alpha value is -2.78. The van der Waals surface area contributed by atoms with Crippen LogP contribution in [0.15, 0.2) is 66.7 Å². The van der Waals surface area contributed by atoms with Crippen molar-refractivity contribution in [1.29, 1.82) is 0 Å². The van der Waals surface area contributed by atoms with Gasteiger partial charge in [0.2, 0.25) is 0 Å². The molecule has 3 aromatic rings. The number of benzene rings is 3. The van der Waals surface area contributed by atoms with Gasteiger partial charge in [0.05, 0.1) is 6.61 Å². The first kappa shape index (κ1) is 19.0. The van der Waals surface area contributed by atoms with Gasteiger partial charge in [0.1, 0.15) is 5.75 Å². The Morgan fingerprint density at radius 3 is 1.93 bits per heavy atom. The molecule has 0 heterocycles. The number of ether oxygens (including phenoxy) is 1. The van der Waals surface area contributed by atoms with Gasteiger partial charge < -0.3 is 14.7 Å². The molecule has 0 radical (unpaired) electrons. The maximum Gasteiger partial charge on any atom is 0.119 e. The van der Waals surface area contributed by atoms with E-state index in [0.717, 1.165) is 28.4 Å². The topological polar surface area (TPSA) is 32.7 Å². The first-order valence-corrected chi connectivity index (χ1v) is 9.42. The first-order chi connectivity index (χ1) is 13.1. The molecule has 1 N–H and O–H groups in total. The second-order valence-corrected chi connectivity index (χ2v) is 6.67. The molecule has 3 rings (SSSR count). The summed E-state index contributed by atoms with van der Waals surface area (Å²) in [6.07, 6.45) is 0.674. The summed E-state index contributed by atoms with van der Waals surface area (Å²) in [5, 5.41) is 9.16. The highest BCUT2D eigenvalue weighted by Gasteiger charge is 2.13. The van der Waals surface area contributed by atoms with Gasteiger partial charge in [-0.3, -0.25) is 0 Å². The minimum absolute atomic E-state index is 0.166. The van der Waals surface area contributed by atoms with Gasteiger partial charge in [-0.15, -0.1) is 0 Å². The van der Waals surface area contributed by atoms with Gasteiger partial charge in [0.25, 0.3) is 0 Å². The number of anilines is 3. The van der Waals surface area contributed by atoms with Gasteiger partial charge in [-0.1, -0.05) is 18.2 Å². The summed E-state index contributed by atoms with van der Waals surface area (Å²) < 4.78 is 5.59. The Labute approximate surface area is 161 Å². The van der Waals surface area contributed by atoms with Gasteiger partial charge in [-0.05, 0) is 92.4 Å². The number of hydrogen-bond acceptors (Lipinski definition) is 3. The number of aliphatic hydroxyl groups excluding tert-OH is 1. The molecule has 3 aromatic carbocycles. The van der Waals surface area contributed by atoms with Crippen molar-refractivity contribution in [3.8, 4) is 5.75 Å². The molecule has 0 aliphatic carbocycles. The maximum atomic E-state index is 9.16. The van der Waals surface area contributed by atoms with E-state index in [1.807, 2.05) is 19.1 Å². The van der Waals surface area contributed by atoms with Crippen LogP contribution in [0.3, 0.4) is 0 Å². The van der Waals surface area contributed by atoms with Crippen molar-refractivity contribution in [3.63, 3.8) is 0 Å². The molecule has 0 spiro atoms. The summed E-state index contributed by atoms with van der Waals surface area (Å²) in [4.78, 5) is 2.24. The fraction of sp³-hybridized carbons (Fsp3) is 0.250. The third-order valence-electron chi connectivity index (χ3n) is 4.75. The summed E-state index contributed by atoms with van der Waals surface area (Å²) in [5.74, 6) is 0.875. The minimum atomic E-state index is 0.166. The molecule has 0 aromatic heterocycles. The van der Waals surface area contributed by atoms with E-state index in [2.05, 4.69) is 73.3 Å². The molecule has 0 aliphatic heterocycles. The summed E-state index contributed by atoms with van der Waals surface area (Å²) in [6.45, 7) is 7.08. The fourth-order valence-electron chi connectivity index (χ4n) is 3.11. The quantitative estimate of drug-likeness (QED) is 0.585. The van der Waals surface area contributed by atoms with E-state index in [0.29, 0.717) is 13.0 Å². The Bertz CT molecular complexity index is 820. The molecule has 0 fully saturated rings. The molecule has 3 heteroatoms. The second-order valence-electron chi connectivity index (χ2n) is 6.67. The SMILES string of the molecule is CCOc1ccc(N(c2ccc(CCO)cc2)c2ccc(C)c(C)c2)cc1. The average Bonchev–Trinajstić information content (AvgIpc) is 2.68. The van der Waals surface area contributed by atoms with E-state index < -0.39 is 0 Å². The zero-order valence-corrected chi connectivity index (χ0v) is 16.3. The monoisotopic (exact) mass is 361 g/mol. The van der Waals surface area contributed by atoms with E-state index in [9.17, 15) is 0 Å². The zero-order valence-electron chi connectivity index (χ0n) is 16.3. The largest absolute Gasteiger partial charge is 0.494 e. The van der Waals surface area contributed by atoms with Crippen LogP contribution < -0.4 is 9.64 Å². The van der Waals surface area contributed by atoms with Crippen molar-refractivity contribution in [2.45, 2.75) is 27.2 Å². The van der Waals surface area contributed by atoms with Crippen LogP contribution in [-0.2, 0) is 6.42 Å². The van der Waals surface area contributed by atoms with Crippen LogP contribution >= 0.6 is 0 Å². The van der Waals surface area contributed by atoms with Crippen LogP contribution in [-0.4, -0.2) is 18.3 Å². The van der Waals surface area contributed by atoms with Crippen LogP contribution in [0.4, 0.5) is 17.1 Å². The highest BCUT2D eigenvalue weighted by molar-refractivity contribution is 5.77. The normalized spacial score (nSPS) is 10.7. The molecule has 140 valence electrons. The number of hydrogen-bond donors (Lipinski definition) is 1. The van der Waals surface area contributed by atoms with Gasteiger partial charge in [0, 0.05) is 23.7 Å². The van der Waals surface area contributed by atoms with Crippen LogP contribution in [0.2, 0.25) is 0 Å². The molecule has 27 heavy (non-hydrogen) atoms. The Kier molecular flexibility index (Phi) is 6.15. The van der Waals surface area contributed by atoms with E-state index in [1.165, 1.54) is 11.1 Å². The number of nitrogens with zero attached hydrogens (tertiary/aromatic N) is 1. The average molecular weight is 361 g/mol. The predicted octanol–water partition coefficient (Wildman–Crippen LogP) is 5.71. The van der Waals surface area contributed by atoms with Crippen LogP contribution in [0, 0.1) is 13.8 Å². The van der Waals surface area contributed by atoms with Crippen molar-refractivity contribution in [2.24, 2.45) is 0 Å². The second kappa shape index (κ2) is 8.74. The summed E-state index contributed by atoms with van der Waals surface area (Å²) >= 11 is 0. The third-order valence-corrected chi connectivity index (χ3v) is 4.75. The molecule has 0 amide bonds. The van der Waals surface area contributed by atoms with Crippen LogP contribution in [0.1, 0.15) is 23.6 Å². The standard InChI is InChI=1S/C24H27NO2/c1-4-27-24-13-11-22(12-14-24)25(23-8-5-18(2)19(3)17-23)21-9-6-20(7-10-21)15-16-26/h5-14,17,26H,4,15-16H2,1-3H3. The predicted molar refractivity (Wildman–Crippen MR) is 113 cm³/mol. The smallest absolute Gasteiger partial charge is 0.119 e. The van der Waals surface area contributed by atoms with Crippen molar-refractivity contribution in [3.05, 3.63) is 83.4 Å². The molecule has 3 nitrogen and oxygen atoms in total. The molecule has 0 bridgehead atoms. The van der Waals surface area contributed by atoms with Gasteiger partial charge in [-0.2, -0.15) is 0 Å².